The minimum atomic E-state index is -4.76. The molecule has 0 aliphatic carbocycles. The van der Waals surface area contributed by atoms with Crippen molar-refractivity contribution in [3.63, 3.8) is 0 Å². The van der Waals surface area contributed by atoms with Crippen molar-refractivity contribution in [2.75, 3.05) is 7.11 Å². The zero-order chi connectivity index (χ0) is 15.5. The predicted octanol–water partition coefficient (Wildman–Crippen LogP) is 2.97. The van der Waals surface area contributed by atoms with Gasteiger partial charge in [0.25, 0.3) is 5.69 Å². The van der Waals surface area contributed by atoms with Crippen molar-refractivity contribution < 1.29 is 27.6 Å². The molecule has 1 aromatic rings. The van der Waals surface area contributed by atoms with E-state index in [2.05, 4.69) is 11.3 Å². The topological polar surface area (TPSA) is 69.4 Å². The van der Waals surface area contributed by atoms with E-state index in [0.29, 0.717) is 0 Å². The lowest BCUT2D eigenvalue weighted by Crippen LogP contribution is -2.26. The zero-order valence-electron chi connectivity index (χ0n) is 10.3. The summed E-state index contributed by atoms with van der Waals surface area (Å²) in [5, 5.41) is 10.5. The Morgan fingerprint density at radius 2 is 1.85 bits per heavy atom. The van der Waals surface area contributed by atoms with Gasteiger partial charge in [-0.15, -0.1) is 0 Å². The third-order valence-electron chi connectivity index (χ3n) is 2.56. The second-order valence-electron chi connectivity index (χ2n) is 3.84. The molecule has 0 fully saturated rings. The summed E-state index contributed by atoms with van der Waals surface area (Å²) in [7, 11) is 0.941. The van der Waals surface area contributed by atoms with Crippen LogP contribution in [0.1, 0.15) is 11.5 Å². The summed E-state index contributed by atoms with van der Waals surface area (Å²) in [5.41, 5.74) is -1.45. The first-order valence-electron chi connectivity index (χ1n) is 5.26. The van der Waals surface area contributed by atoms with Gasteiger partial charge in [-0.05, 0) is 5.56 Å². The zero-order valence-corrected chi connectivity index (χ0v) is 10.3. The summed E-state index contributed by atoms with van der Waals surface area (Å²) in [4.78, 5) is 20.9. The van der Waals surface area contributed by atoms with Gasteiger partial charge in [-0.2, -0.15) is 13.2 Å². The molecule has 0 radical (unpaired) electrons. The van der Waals surface area contributed by atoms with Gasteiger partial charge in [-0.1, -0.05) is 18.7 Å². The Morgan fingerprint density at radius 1 is 1.35 bits per heavy atom. The fraction of sp³-hybridized carbons (Fsp3) is 0.250. The SMILES string of the molecule is C=C(C(=O)OC)[C@H](c1ccc([N+](=O)[O-])cc1)C(F)(F)F. The summed E-state index contributed by atoms with van der Waals surface area (Å²) in [6.07, 6.45) is -4.76. The molecule has 1 atom stereocenters. The quantitative estimate of drug-likeness (QED) is 0.370. The van der Waals surface area contributed by atoms with Gasteiger partial charge in [0.1, 0.15) is 5.92 Å². The van der Waals surface area contributed by atoms with Crippen LogP contribution in [0, 0.1) is 10.1 Å². The highest BCUT2D eigenvalue weighted by Gasteiger charge is 2.45. The maximum absolute atomic E-state index is 13.0. The first-order chi connectivity index (χ1) is 9.18. The second kappa shape index (κ2) is 5.72. The highest BCUT2D eigenvalue weighted by atomic mass is 19.4. The van der Waals surface area contributed by atoms with E-state index < -0.39 is 28.6 Å². The van der Waals surface area contributed by atoms with Crippen molar-refractivity contribution in [1.82, 2.24) is 0 Å². The van der Waals surface area contributed by atoms with Gasteiger partial charge in [0.05, 0.1) is 12.0 Å². The van der Waals surface area contributed by atoms with Gasteiger partial charge < -0.3 is 4.74 Å². The van der Waals surface area contributed by atoms with Gasteiger partial charge in [-0.25, -0.2) is 4.79 Å². The average Bonchev–Trinajstić information content (AvgIpc) is 2.36. The van der Waals surface area contributed by atoms with Gasteiger partial charge >= 0.3 is 12.1 Å². The van der Waals surface area contributed by atoms with E-state index in [0.717, 1.165) is 31.4 Å². The maximum Gasteiger partial charge on any atom is 0.399 e. The molecule has 0 bridgehead atoms. The normalized spacial score (nSPS) is 12.6. The largest absolute Gasteiger partial charge is 0.466 e. The van der Waals surface area contributed by atoms with Crippen LogP contribution in [0.3, 0.4) is 0 Å². The molecule has 0 amide bonds. The van der Waals surface area contributed by atoms with Crippen molar-refractivity contribution in [3.8, 4) is 0 Å². The molecule has 0 aliphatic rings. The average molecular weight is 289 g/mol. The lowest BCUT2D eigenvalue weighted by atomic mass is 9.91. The van der Waals surface area contributed by atoms with Crippen LogP contribution < -0.4 is 0 Å². The van der Waals surface area contributed by atoms with Gasteiger partial charge in [0, 0.05) is 17.7 Å². The van der Waals surface area contributed by atoms with Crippen LogP contribution >= 0.6 is 0 Å². The molecule has 0 saturated carbocycles. The molecule has 1 rings (SSSR count). The molecule has 0 aliphatic heterocycles. The number of ether oxygens (including phenoxy) is 1. The number of carbonyl (C=O) groups excluding carboxylic acids is 1. The number of methoxy groups -OCH3 is 1. The molecular weight excluding hydrogens is 279 g/mol. The molecule has 108 valence electrons. The maximum atomic E-state index is 13.0. The third-order valence-corrected chi connectivity index (χ3v) is 2.56. The van der Waals surface area contributed by atoms with E-state index in [1.807, 2.05) is 0 Å². The Morgan fingerprint density at radius 3 is 2.20 bits per heavy atom. The number of benzene rings is 1. The van der Waals surface area contributed by atoms with Crippen LogP contribution in [0.25, 0.3) is 0 Å². The Bertz CT molecular complexity index is 537. The van der Waals surface area contributed by atoms with E-state index in [4.69, 9.17) is 0 Å². The highest BCUT2D eigenvalue weighted by Crippen LogP contribution is 2.40. The number of rotatable bonds is 4. The molecule has 20 heavy (non-hydrogen) atoms. The molecular formula is C12H10F3NO4. The number of esters is 1. The summed E-state index contributed by atoms with van der Waals surface area (Å²) >= 11 is 0. The summed E-state index contributed by atoms with van der Waals surface area (Å²) in [6.45, 7) is 3.10. The summed E-state index contributed by atoms with van der Waals surface area (Å²) < 4.78 is 43.3. The summed E-state index contributed by atoms with van der Waals surface area (Å²) in [5.74, 6) is -3.46. The molecule has 0 spiro atoms. The van der Waals surface area contributed by atoms with Crippen molar-refractivity contribution in [2.45, 2.75) is 12.1 Å². The number of carbonyl (C=O) groups is 1. The van der Waals surface area contributed by atoms with E-state index in [1.54, 1.807) is 0 Å². The van der Waals surface area contributed by atoms with E-state index in [9.17, 15) is 28.1 Å². The van der Waals surface area contributed by atoms with Crippen LogP contribution in [0.4, 0.5) is 18.9 Å². The number of nitrogens with zero attached hydrogens (tertiary/aromatic N) is 1. The molecule has 1 aromatic carbocycles. The van der Waals surface area contributed by atoms with Crippen molar-refractivity contribution in [2.24, 2.45) is 0 Å². The Kier molecular flexibility index (Phi) is 4.49. The van der Waals surface area contributed by atoms with Crippen LogP contribution in [-0.4, -0.2) is 24.2 Å². The molecule has 0 aromatic heterocycles. The van der Waals surface area contributed by atoms with Crippen molar-refractivity contribution >= 4 is 11.7 Å². The lowest BCUT2D eigenvalue weighted by Gasteiger charge is -2.21. The highest BCUT2D eigenvalue weighted by molar-refractivity contribution is 5.89. The number of nitro groups is 1. The first kappa shape index (κ1) is 15.7. The van der Waals surface area contributed by atoms with Gasteiger partial charge in [-0.3, -0.25) is 10.1 Å². The minimum Gasteiger partial charge on any atom is -0.466 e. The number of non-ortho nitro benzene ring substituents is 1. The Labute approximate surface area is 111 Å². The lowest BCUT2D eigenvalue weighted by molar-refractivity contribution is -0.384. The van der Waals surface area contributed by atoms with Crippen LogP contribution in [0.15, 0.2) is 36.4 Å². The summed E-state index contributed by atoms with van der Waals surface area (Å²) in [6, 6.07) is 3.73. The van der Waals surface area contributed by atoms with Gasteiger partial charge in [0.15, 0.2) is 0 Å². The fourth-order valence-electron chi connectivity index (χ4n) is 1.63. The fourth-order valence-corrected chi connectivity index (χ4v) is 1.63. The molecule has 5 nitrogen and oxygen atoms in total. The van der Waals surface area contributed by atoms with Crippen molar-refractivity contribution in [1.29, 1.82) is 0 Å². The smallest absolute Gasteiger partial charge is 0.399 e. The van der Waals surface area contributed by atoms with Crippen LogP contribution in [0.5, 0.6) is 0 Å². The second-order valence-corrected chi connectivity index (χ2v) is 3.84. The predicted molar refractivity (Wildman–Crippen MR) is 63.0 cm³/mol. The van der Waals surface area contributed by atoms with Gasteiger partial charge in [0.2, 0.25) is 0 Å². The van der Waals surface area contributed by atoms with Crippen LogP contribution in [0.2, 0.25) is 0 Å². The number of hydrogen-bond donors (Lipinski definition) is 0. The van der Waals surface area contributed by atoms with Crippen molar-refractivity contribution in [3.05, 3.63) is 52.1 Å². The number of halogens is 3. The number of alkyl halides is 3. The van der Waals surface area contributed by atoms with E-state index >= 15 is 0 Å². The number of nitro benzene ring substituents is 1. The molecule has 0 heterocycles. The minimum absolute atomic E-state index is 0.321. The third kappa shape index (κ3) is 3.34. The monoisotopic (exact) mass is 289 g/mol. The standard InChI is InChI=1S/C12H10F3NO4/c1-7(11(17)20-2)10(12(13,14)15)8-3-5-9(6-4-8)16(18)19/h3-6,10H,1H2,2H3/t10-/m1/s1. The molecule has 0 unspecified atom stereocenters. The molecule has 0 saturated heterocycles. The van der Waals surface area contributed by atoms with Crippen LogP contribution in [-0.2, 0) is 9.53 Å². The first-order valence-corrected chi connectivity index (χ1v) is 5.26. The Balaban J connectivity index is 3.22. The molecule has 8 heteroatoms. The van der Waals surface area contributed by atoms with E-state index in [-0.39, 0.29) is 11.3 Å². The number of hydrogen-bond acceptors (Lipinski definition) is 4. The molecule has 0 N–H and O–H groups in total. The Hall–Kier alpha value is -2.38. The van der Waals surface area contributed by atoms with E-state index in [1.165, 1.54) is 0 Å².